The molecule has 2 aromatic carbocycles. The molecule has 35 heavy (non-hydrogen) atoms. The van der Waals surface area contributed by atoms with Crippen molar-refractivity contribution < 1.29 is 36.7 Å². The lowest BCUT2D eigenvalue weighted by Gasteiger charge is -2.49. The van der Waals surface area contributed by atoms with Crippen molar-refractivity contribution in [1.82, 2.24) is 4.90 Å². The summed E-state index contributed by atoms with van der Waals surface area (Å²) in [6.45, 7) is 6.89. The third-order valence-corrected chi connectivity index (χ3v) is 7.18. The van der Waals surface area contributed by atoms with Gasteiger partial charge >= 0.3 is 6.09 Å². The van der Waals surface area contributed by atoms with E-state index in [9.17, 15) is 18.3 Å². The summed E-state index contributed by atoms with van der Waals surface area (Å²) < 4.78 is 48.9. The van der Waals surface area contributed by atoms with E-state index in [1.165, 1.54) is 17.0 Å². The van der Waals surface area contributed by atoms with E-state index < -0.39 is 52.5 Å². The van der Waals surface area contributed by atoms with Gasteiger partial charge in [0, 0.05) is 5.56 Å². The number of piperidine rings is 1. The molecule has 5 atom stereocenters. The summed E-state index contributed by atoms with van der Waals surface area (Å²) in [5.41, 5.74) is 0.844. The molecule has 0 unspecified atom stereocenters. The molecule has 4 rings (SSSR count). The van der Waals surface area contributed by atoms with Crippen LogP contribution in [0.2, 0.25) is 0 Å². The van der Waals surface area contributed by atoms with Gasteiger partial charge in [0.05, 0.1) is 24.1 Å². The van der Waals surface area contributed by atoms with Crippen LogP contribution in [0.4, 0.5) is 4.79 Å². The minimum absolute atomic E-state index is 0.0451. The molecule has 2 fully saturated rings. The number of rotatable bonds is 4. The molecule has 1 amide bonds. The highest BCUT2D eigenvalue weighted by molar-refractivity contribution is 7.86. The Morgan fingerprint density at radius 1 is 1.09 bits per heavy atom. The van der Waals surface area contributed by atoms with Crippen LogP contribution in [0.5, 0.6) is 0 Å². The fourth-order valence-electron chi connectivity index (χ4n) is 4.10. The summed E-state index contributed by atoms with van der Waals surface area (Å²) in [6.07, 6.45) is -5.04. The molecule has 0 aliphatic carbocycles. The SMILES string of the molecule is Cc1ccc(S(=O)(=O)O[C@H]2CN(C(=O)OC(C)(C)C)[C@H]3CO[C@H](c4ccccc4)O[C@H]3[C@@H]2O)cc1. The highest BCUT2D eigenvalue weighted by atomic mass is 32.2. The molecule has 10 heteroatoms. The smallest absolute Gasteiger partial charge is 0.410 e. The van der Waals surface area contributed by atoms with Crippen molar-refractivity contribution >= 4 is 16.2 Å². The quantitative estimate of drug-likeness (QED) is 0.631. The first-order chi connectivity index (χ1) is 16.4. The first-order valence-electron chi connectivity index (χ1n) is 11.4. The Kier molecular flexibility index (Phi) is 7.21. The van der Waals surface area contributed by atoms with Crippen LogP contribution in [0.1, 0.15) is 38.2 Å². The van der Waals surface area contributed by atoms with Crippen LogP contribution in [-0.2, 0) is 28.5 Å². The molecular weight excluding hydrogens is 474 g/mol. The van der Waals surface area contributed by atoms with Crippen LogP contribution in [0.3, 0.4) is 0 Å². The Bertz CT molecular complexity index is 1130. The van der Waals surface area contributed by atoms with Crippen molar-refractivity contribution in [2.75, 3.05) is 13.2 Å². The van der Waals surface area contributed by atoms with Gasteiger partial charge in [0.25, 0.3) is 10.1 Å². The van der Waals surface area contributed by atoms with Crippen LogP contribution in [0.25, 0.3) is 0 Å². The van der Waals surface area contributed by atoms with E-state index >= 15 is 0 Å². The molecule has 2 aliphatic heterocycles. The lowest BCUT2D eigenvalue weighted by atomic mass is 9.93. The monoisotopic (exact) mass is 505 g/mol. The number of ether oxygens (including phenoxy) is 3. The Morgan fingerprint density at radius 3 is 2.37 bits per heavy atom. The lowest BCUT2D eigenvalue weighted by Crippen LogP contribution is -2.67. The standard InChI is InChI=1S/C25H31NO8S/c1-16-10-12-18(13-11-16)35(29,30)34-20-14-26(24(28)33-25(2,3)4)19-15-31-23(32-22(19)21(20)27)17-8-6-5-7-9-17/h5-13,19-23,27H,14-15H2,1-4H3/t19-,20-,21+,22+,23-/m0/s1. The predicted octanol–water partition coefficient (Wildman–Crippen LogP) is 3.16. The molecule has 0 saturated carbocycles. The number of hydrogen-bond acceptors (Lipinski definition) is 8. The molecule has 2 heterocycles. The number of aryl methyl sites for hydroxylation is 1. The fraction of sp³-hybridized carbons (Fsp3) is 0.480. The van der Waals surface area contributed by atoms with Crippen LogP contribution in [0, 0.1) is 6.92 Å². The van der Waals surface area contributed by atoms with Crippen molar-refractivity contribution in [1.29, 1.82) is 0 Å². The van der Waals surface area contributed by atoms with E-state index in [0.717, 1.165) is 11.1 Å². The summed E-state index contributed by atoms with van der Waals surface area (Å²) in [6, 6.07) is 14.7. The number of hydrogen-bond donors (Lipinski definition) is 1. The van der Waals surface area contributed by atoms with E-state index in [0.29, 0.717) is 0 Å². The number of amides is 1. The molecule has 190 valence electrons. The van der Waals surface area contributed by atoms with Gasteiger partial charge < -0.3 is 19.3 Å². The minimum Gasteiger partial charge on any atom is -0.444 e. The second kappa shape index (κ2) is 9.87. The van der Waals surface area contributed by atoms with Gasteiger partial charge in [-0.3, -0.25) is 9.08 Å². The molecular formula is C25H31NO8S. The first kappa shape index (κ1) is 25.6. The zero-order chi connectivity index (χ0) is 25.4. The van der Waals surface area contributed by atoms with E-state index in [-0.39, 0.29) is 18.0 Å². The minimum atomic E-state index is -4.22. The number of likely N-dealkylation sites (tertiary alicyclic amines) is 1. The highest BCUT2D eigenvalue weighted by Gasteiger charge is 2.51. The number of benzene rings is 2. The first-order valence-corrected chi connectivity index (χ1v) is 12.8. The Morgan fingerprint density at radius 2 is 1.74 bits per heavy atom. The van der Waals surface area contributed by atoms with Gasteiger partial charge in [-0.1, -0.05) is 48.0 Å². The van der Waals surface area contributed by atoms with Gasteiger partial charge in [0.15, 0.2) is 6.29 Å². The van der Waals surface area contributed by atoms with Gasteiger partial charge in [-0.25, -0.2) is 4.79 Å². The van der Waals surface area contributed by atoms with E-state index in [1.54, 1.807) is 32.9 Å². The van der Waals surface area contributed by atoms with Crippen molar-refractivity contribution in [3.05, 3.63) is 65.7 Å². The average molecular weight is 506 g/mol. The summed E-state index contributed by atoms with van der Waals surface area (Å²) in [7, 11) is -4.22. The third kappa shape index (κ3) is 5.84. The maximum absolute atomic E-state index is 13.1. The summed E-state index contributed by atoms with van der Waals surface area (Å²) in [5, 5.41) is 11.2. The molecule has 0 spiro atoms. The summed E-state index contributed by atoms with van der Waals surface area (Å²) in [4.78, 5) is 14.3. The molecule has 1 N–H and O–H groups in total. The summed E-state index contributed by atoms with van der Waals surface area (Å²) >= 11 is 0. The maximum atomic E-state index is 13.1. The molecule has 9 nitrogen and oxygen atoms in total. The van der Waals surface area contributed by atoms with Gasteiger partial charge in [-0.15, -0.1) is 0 Å². The van der Waals surface area contributed by atoms with E-state index in [4.69, 9.17) is 18.4 Å². The Hall–Kier alpha value is -2.50. The largest absolute Gasteiger partial charge is 0.444 e. The number of aliphatic hydroxyl groups excluding tert-OH is 1. The van der Waals surface area contributed by atoms with Crippen LogP contribution >= 0.6 is 0 Å². The fourth-order valence-corrected chi connectivity index (χ4v) is 5.18. The van der Waals surface area contributed by atoms with Crippen molar-refractivity contribution in [3.8, 4) is 0 Å². The maximum Gasteiger partial charge on any atom is 0.410 e. The molecule has 0 aromatic heterocycles. The number of nitrogens with zero attached hydrogens (tertiary/aromatic N) is 1. The number of carbonyl (C=O) groups is 1. The molecule has 0 bridgehead atoms. The van der Waals surface area contributed by atoms with Crippen molar-refractivity contribution in [2.24, 2.45) is 0 Å². The van der Waals surface area contributed by atoms with E-state index in [2.05, 4.69) is 0 Å². The van der Waals surface area contributed by atoms with Crippen LogP contribution < -0.4 is 0 Å². The zero-order valence-corrected chi connectivity index (χ0v) is 21.0. The van der Waals surface area contributed by atoms with Gasteiger partial charge in [-0.05, 0) is 39.8 Å². The molecule has 2 saturated heterocycles. The third-order valence-electron chi connectivity index (χ3n) is 5.83. The molecule has 2 aromatic rings. The van der Waals surface area contributed by atoms with Crippen molar-refractivity contribution in [2.45, 2.75) is 68.8 Å². The zero-order valence-electron chi connectivity index (χ0n) is 20.2. The predicted molar refractivity (Wildman–Crippen MR) is 126 cm³/mol. The topological polar surface area (TPSA) is 112 Å². The number of carbonyl (C=O) groups excluding carboxylic acids is 1. The lowest BCUT2D eigenvalue weighted by molar-refractivity contribution is -0.282. The normalized spacial score (nSPS) is 27.2. The Labute approximate surface area is 205 Å². The van der Waals surface area contributed by atoms with E-state index in [1.807, 2.05) is 37.3 Å². The van der Waals surface area contributed by atoms with Gasteiger partial charge in [0.1, 0.15) is 23.9 Å². The molecule has 0 radical (unpaired) electrons. The second-order valence-corrected chi connectivity index (χ2v) is 11.3. The average Bonchev–Trinajstić information content (AvgIpc) is 2.80. The van der Waals surface area contributed by atoms with Gasteiger partial charge in [-0.2, -0.15) is 8.42 Å². The molecule has 2 aliphatic rings. The Balaban J connectivity index is 1.62. The van der Waals surface area contributed by atoms with Crippen LogP contribution in [-0.4, -0.2) is 67.6 Å². The van der Waals surface area contributed by atoms with Crippen molar-refractivity contribution in [3.63, 3.8) is 0 Å². The van der Waals surface area contributed by atoms with Gasteiger partial charge in [0.2, 0.25) is 0 Å². The number of aliphatic hydroxyl groups is 1. The highest BCUT2D eigenvalue weighted by Crippen LogP contribution is 2.35. The second-order valence-electron chi connectivity index (χ2n) is 9.77. The summed E-state index contributed by atoms with van der Waals surface area (Å²) in [5.74, 6) is 0. The number of fused-ring (bicyclic) bond motifs is 1. The van der Waals surface area contributed by atoms with Crippen LogP contribution in [0.15, 0.2) is 59.5 Å².